The highest BCUT2D eigenvalue weighted by Crippen LogP contribution is 2.37. The van der Waals surface area contributed by atoms with E-state index >= 15 is 0 Å². The van der Waals surface area contributed by atoms with Gasteiger partial charge in [0.1, 0.15) is 22.9 Å². The van der Waals surface area contributed by atoms with Gasteiger partial charge in [0.15, 0.2) is 0 Å². The zero-order chi connectivity index (χ0) is 19.2. The smallest absolute Gasteiger partial charge is 0.339 e. The molecule has 1 aliphatic heterocycles. The molecule has 5 nitrogen and oxygen atoms in total. The van der Waals surface area contributed by atoms with Gasteiger partial charge >= 0.3 is 12.5 Å². The summed E-state index contributed by atoms with van der Waals surface area (Å²) >= 11 is 0. The zero-order valence-corrected chi connectivity index (χ0v) is 13.0. The third-order valence-corrected chi connectivity index (χ3v) is 4.11. The minimum Gasteiger partial charge on any atom is -0.478 e. The Labute approximate surface area is 142 Å². The fourth-order valence-electron chi connectivity index (χ4n) is 3.08. The van der Waals surface area contributed by atoms with Gasteiger partial charge in [-0.3, -0.25) is 9.69 Å². The van der Waals surface area contributed by atoms with E-state index in [4.69, 9.17) is 0 Å². The normalized spacial score (nSPS) is 13.2. The fraction of sp³-hybridized carbons (Fsp3) is 0.250. The van der Waals surface area contributed by atoms with Crippen LogP contribution < -0.4 is 10.5 Å². The van der Waals surface area contributed by atoms with Crippen molar-refractivity contribution < 1.29 is 31.9 Å². The monoisotopic (exact) mass is 374 g/mol. The number of benzene rings is 1. The van der Waals surface area contributed by atoms with Crippen molar-refractivity contribution in [2.45, 2.75) is 25.9 Å². The lowest BCUT2D eigenvalue weighted by atomic mass is 10.1. The van der Waals surface area contributed by atoms with Crippen molar-refractivity contribution in [1.82, 2.24) is 4.57 Å². The van der Waals surface area contributed by atoms with E-state index in [1.165, 1.54) is 0 Å². The molecule has 0 atom stereocenters. The maximum absolute atomic E-state index is 14.6. The van der Waals surface area contributed by atoms with Gasteiger partial charge in [-0.1, -0.05) is 0 Å². The molecule has 2 aromatic rings. The molecule has 0 fully saturated rings. The quantitative estimate of drug-likeness (QED) is 0.659. The van der Waals surface area contributed by atoms with Crippen LogP contribution in [0.25, 0.3) is 0 Å². The summed E-state index contributed by atoms with van der Waals surface area (Å²) in [4.78, 5) is 23.5. The predicted octanol–water partition coefficient (Wildman–Crippen LogP) is 3.27. The Morgan fingerprint density at radius 1 is 1.23 bits per heavy atom. The molecule has 3 rings (SSSR count). The Morgan fingerprint density at radius 2 is 1.92 bits per heavy atom. The Hall–Kier alpha value is -2.91. The topological polar surface area (TPSA) is 62.5 Å². The lowest BCUT2D eigenvalue weighted by Gasteiger charge is -2.27. The number of fused-ring (bicyclic) bond motifs is 1. The van der Waals surface area contributed by atoms with Crippen molar-refractivity contribution in [3.05, 3.63) is 57.3 Å². The minimum atomic E-state index is -3.59. The number of rotatable bonds is 4. The SMILES string of the molecule is O=C(O)c1c(N(c2ccc(F)cc2F)C(F)F)c(F)c(=O)n2c1CCC2. The molecule has 0 saturated carbocycles. The molecule has 2 heterocycles. The van der Waals surface area contributed by atoms with Gasteiger partial charge < -0.3 is 9.67 Å². The summed E-state index contributed by atoms with van der Waals surface area (Å²) in [7, 11) is 0. The van der Waals surface area contributed by atoms with Crippen molar-refractivity contribution in [1.29, 1.82) is 0 Å². The van der Waals surface area contributed by atoms with Gasteiger partial charge in [0.2, 0.25) is 5.82 Å². The van der Waals surface area contributed by atoms with Crippen molar-refractivity contribution in [3.8, 4) is 0 Å². The van der Waals surface area contributed by atoms with Gasteiger partial charge in [-0.15, -0.1) is 0 Å². The number of aromatic carboxylic acids is 1. The number of halogens is 5. The largest absolute Gasteiger partial charge is 0.478 e. The van der Waals surface area contributed by atoms with Crippen LogP contribution in [-0.4, -0.2) is 22.2 Å². The summed E-state index contributed by atoms with van der Waals surface area (Å²) in [6, 6.07) is 1.57. The van der Waals surface area contributed by atoms with Gasteiger partial charge in [0.05, 0.1) is 5.69 Å². The van der Waals surface area contributed by atoms with E-state index in [0.717, 1.165) is 4.57 Å². The first-order valence-corrected chi connectivity index (χ1v) is 7.45. The fourth-order valence-corrected chi connectivity index (χ4v) is 3.08. The molecule has 0 spiro atoms. The number of aromatic nitrogens is 1. The molecule has 0 unspecified atom stereocenters. The molecule has 1 N–H and O–H groups in total. The molecule has 0 saturated heterocycles. The summed E-state index contributed by atoms with van der Waals surface area (Å²) < 4.78 is 69.9. The second kappa shape index (κ2) is 6.43. The number of hydrogen-bond donors (Lipinski definition) is 1. The van der Waals surface area contributed by atoms with Gasteiger partial charge in [0, 0.05) is 18.3 Å². The molecular formula is C16H11F5N2O3. The number of hydrogen-bond acceptors (Lipinski definition) is 3. The lowest BCUT2D eigenvalue weighted by Crippen LogP contribution is -2.34. The van der Waals surface area contributed by atoms with Crippen LogP contribution in [0.1, 0.15) is 22.5 Å². The number of pyridine rings is 1. The van der Waals surface area contributed by atoms with Crippen LogP contribution in [0.2, 0.25) is 0 Å². The molecule has 26 heavy (non-hydrogen) atoms. The number of nitrogens with zero attached hydrogens (tertiary/aromatic N) is 2. The van der Waals surface area contributed by atoms with Crippen molar-refractivity contribution in [2.24, 2.45) is 0 Å². The standard InChI is InChI=1S/C16H11F5N2O3/c17-7-3-4-9(8(18)6-7)23(16(20)21)13-11(15(25)26)10-2-1-5-22(10)14(24)12(13)19/h3-4,6,16H,1-2,5H2,(H,25,26). The molecule has 10 heteroatoms. The van der Waals surface area contributed by atoms with E-state index in [1.807, 2.05) is 0 Å². The van der Waals surface area contributed by atoms with Crippen LogP contribution in [0, 0.1) is 17.5 Å². The van der Waals surface area contributed by atoms with Gasteiger partial charge in [0.25, 0.3) is 5.56 Å². The van der Waals surface area contributed by atoms with Crippen molar-refractivity contribution in [3.63, 3.8) is 0 Å². The molecule has 0 aliphatic carbocycles. The Balaban J connectivity index is 2.37. The molecular weight excluding hydrogens is 363 g/mol. The zero-order valence-electron chi connectivity index (χ0n) is 13.0. The summed E-state index contributed by atoms with van der Waals surface area (Å²) in [5.41, 5.74) is -4.43. The summed E-state index contributed by atoms with van der Waals surface area (Å²) in [5.74, 6) is -6.00. The van der Waals surface area contributed by atoms with Crippen LogP contribution in [0.5, 0.6) is 0 Å². The first-order chi connectivity index (χ1) is 12.2. The number of carboxylic acids is 1. The third-order valence-electron chi connectivity index (χ3n) is 4.11. The summed E-state index contributed by atoms with van der Waals surface area (Å²) in [5, 5.41) is 9.43. The molecule has 0 amide bonds. The Kier molecular flexibility index (Phi) is 4.43. The highest BCUT2D eigenvalue weighted by atomic mass is 19.3. The molecule has 0 bridgehead atoms. The number of carbonyl (C=O) groups is 1. The summed E-state index contributed by atoms with van der Waals surface area (Å²) in [6.07, 6.45) is 0.394. The highest BCUT2D eigenvalue weighted by Gasteiger charge is 2.36. The average molecular weight is 374 g/mol. The first-order valence-electron chi connectivity index (χ1n) is 7.45. The van der Waals surface area contributed by atoms with Crippen LogP contribution >= 0.6 is 0 Å². The number of carboxylic acid groups (broad SMARTS) is 1. The predicted molar refractivity (Wildman–Crippen MR) is 80.4 cm³/mol. The number of anilines is 2. The van der Waals surface area contributed by atoms with Gasteiger partial charge in [-0.05, 0) is 25.0 Å². The molecule has 138 valence electrons. The average Bonchev–Trinajstić information content (AvgIpc) is 3.03. The van der Waals surface area contributed by atoms with Crippen LogP contribution in [0.15, 0.2) is 23.0 Å². The van der Waals surface area contributed by atoms with E-state index in [0.29, 0.717) is 24.6 Å². The third kappa shape index (κ3) is 2.71. The second-order valence-electron chi connectivity index (χ2n) is 5.59. The Morgan fingerprint density at radius 3 is 2.50 bits per heavy atom. The van der Waals surface area contributed by atoms with Crippen LogP contribution in [-0.2, 0) is 13.0 Å². The van der Waals surface area contributed by atoms with E-state index in [2.05, 4.69) is 0 Å². The van der Waals surface area contributed by atoms with E-state index in [-0.39, 0.29) is 23.6 Å². The molecule has 1 aromatic carbocycles. The maximum Gasteiger partial charge on any atom is 0.339 e. The van der Waals surface area contributed by atoms with Crippen LogP contribution in [0.4, 0.5) is 33.3 Å². The molecule has 0 radical (unpaired) electrons. The first kappa shape index (κ1) is 17.9. The van der Waals surface area contributed by atoms with E-state index in [9.17, 15) is 36.6 Å². The molecule has 1 aliphatic rings. The molecule has 1 aromatic heterocycles. The Bertz CT molecular complexity index is 958. The second-order valence-corrected chi connectivity index (χ2v) is 5.59. The number of alkyl halides is 2. The summed E-state index contributed by atoms with van der Waals surface area (Å²) in [6.45, 7) is -3.54. The van der Waals surface area contributed by atoms with Crippen molar-refractivity contribution in [2.75, 3.05) is 4.90 Å². The lowest BCUT2D eigenvalue weighted by molar-refractivity contribution is 0.0694. The van der Waals surface area contributed by atoms with Crippen LogP contribution in [0.3, 0.4) is 0 Å². The van der Waals surface area contributed by atoms with Crippen molar-refractivity contribution >= 4 is 17.3 Å². The van der Waals surface area contributed by atoms with Gasteiger partial charge in [-0.25, -0.2) is 13.6 Å². The van der Waals surface area contributed by atoms with E-state index in [1.54, 1.807) is 0 Å². The van der Waals surface area contributed by atoms with E-state index < -0.39 is 52.5 Å². The minimum absolute atomic E-state index is 0.0469. The van der Waals surface area contributed by atoms with Gasteiger partial charge in [-0.2, -0.15) is 13.2 Å². The maximum atomic E-state index is 14.6. The highest BCUT2D eigenvalue weighted by molar-refractivity contribution is 5.97.